The van der Waals surface area contributed by atoms with Crippen molar-refractivity contribution in [2.75, 3.05) is 11.4 Å². The number of pyridine rings is 1. The summed E-state index contributed by atoms with van der Waals surface area (Å²) in [4.78, 5) is 30.9. The Bertz CT molecular complexity index is 1480. The lowest BCUT2D eigenvalue weighted by Crippen LogP contribution is -2.45. The second-order valence-corrected chi connectivity index (χ2v) is 10.4. The van der Waals surface area contributed by atoms with Crippen molar-refractivity contribution < 1.29 is 36.6 Å². The van der Waals surface area contributed by atoms with Crippen LogP contribution in [-0.2, 0) is 16.6 Å². The number of anilines is 1. The molecule has 1 aliphatic carbocycles. The minimum atomic E-state index is -4.83. The van der Waals surface area contributed by atoms with Crippen LogP contribution in [0.2, 0.25) is 5.02 Å². The molecule has 1 aliphatic heterocycles. The molecule has 2 heterocycles. The zero-order valence-corrected chi connectivity index (χ0v) is 21.6. The summed E-state index contributed by atoms with van der Waals surface area (Å²) in [5.41, 5.74) is -4.35. The first-order valence-electron chi connectivity index (χ1n) is 12.5. The quantitative estimate of drug-likeness (QED) is 0.385. The molecule has 0 saturated heterocycles. The number of rotatable bonds is 5. The van der Waals surface area contributed by atoms with E-state index in [-0.39, 0.29) is 23.0 Å². The van der Waals surface area contributed by atoms with Gasteiger partial charge in [-0.25, -0.2) is 13.8 Å². The number of hydrogen-bond donors (Lipinski definition) is 2. The Labute approximate surface area is 230 Å². The van der Waals surface area contributed by atoms with Gasteiger partial charge in [-0.1, -0.05) is 29.8 Å². The van der Waals surface area contributed by atoms with Gasteiger partial charge in [-0.05, 0) is 61.9 Å². The number of carbonyl (C=O) groups excluding carboxylic acids is 2. The molecule has 3 aromatic rings. The van der Waals surface area contributed by atoms with Crippen molar-refractivity contribution in [2.45, 2.75) is 43.5 Å². The molecule has 2 aliphatic rings. The van der Waals surface area contributed by atoms with Gasteiger partial charge in [-0.15, -0.1) is 0 Å². The average Bonchev–Trinajstić information content (AvgIpc) is 3.13. The van der Waals surface area contributed by atoms with Crippen LogP contribution in [0.3, 0.4) is 0 Å². The van der Waals surface area contributed by atoms with Crippen molar-refractivity contribution >= 4 is 29.1 Å². The summed E-state index contributed by atoms with van der Waals surface area (Å²) in [6, 6.07) is 9.44. The van der Waals surface area contributed by atoms with Gasteiger partial charge in [0.25, 0.3) is 11.8 Å². The molecule has 0 bridgehead atoms. The summed E-state index contributed by atoms with van der Waals surface area (Å²) >= 11 is 5.78. The topological polar surface area (TPSA) is 82.5 Å². The van der Waals surface area contributed by atoms with Crippen LogP contribution >= 0.6 is 11.6 Å². The van der Waals surface area contributed by atoms with E-state index in [1.165, 1.54) is 11.0 Å². The standard InChI is InChI=1S/C28H23ClF5N3O3/c29-16-11-19(24(35-13-16)28(32,33)34)25(38)36-18-8-5-15(6-9-18)14-37-23-4-2-1-3-20(23)27(40,26(37)39)21-12-17(30)7-10-22(21)31/h1-4,7,10-13,15,18,40H,5-6,8-9,14H2,(H,36,38)/t15-,18-,27?. The van der Waals surface area contributed by atoms with Gasteiger partial charge < -0.3 is 15.3 Å². The molecule has 2 aromatic carbocycles. The predicted molar refractivity (Wildman–Crippen MR) is 136 cm³/mol. The number of hydrogen-bond acceptors (Lipinski definition) is 4. The number of aromatic nitrogens is 1. The Morgan fingerprint density at radius 1 is 1.07 bits per heavy atom. The van der Waals surface area contributed by atoms with Gasteiger partial charge in [0.1, 0.15) is 11.6 Å². The Kier molecular flexibility index (Phi) is 7.30. The molecule has 5 rings (SSSR count). The van der Waals surface area contributed by atoms with Crippen molar-refractivity contribution in [1.82, 2.24) is 10.3 Å². The van der Waals surface area contributed by atoms with Crippen molar-refractivity contribution in [1.29, 1.82) is 0 Å². The lowest BCUT2D eigenvalue weighted by Gasteiger charge is -2.32. The number of carbonyl (C=O) groups is 2. The molecule has 0 radical (unpaired) electrons. The van der Waals surface area contributed by atoms with Crippen LogP contribution in [0.1, 0.15) is 52.9 Å². The third-order valence-corrected chi connectivity index (χ3v) is 7.65. The number of para-hydroxylation sites is 1. The predicted octanol–water partition coefficient (Wildman–Crippen LogP) is 5.60. The minimum Gasteiger partial charge on any atom is -0.372 e. The first-order chi connectivity index (χ1) is 18.9. The molecular weight excluding hydrogens is 557 g/mol. The van der Waals surface area contributed by atoms with E-state index in [4.69, 9.17) is 11.6 Å². The van der Waals surface area contributed by atoms with Crippen LogP contribution in [0, 0.1) is 17.6 Å². The van der Waals surface area contributed by atoms with Gasteiger partial charge in [0, 0.05) is 29.9 Å². The van der Waals surface area contributed by atoms with E-state index >= 15 is 0 Å². The zero-order valence-electron chi connectivity index (χ0n) is 20.8. The number of benzene rings is 2. The maximum Gasteiger partial charge on any atom is 0.434 e. The fraction of sp³-hybridized carbons (Fsp3) is 0.321. The molecule has 1 aromatic heterocycles. The summed E-state index contributed by atoms with van der Waals surface area (Å²) in [6.45, 7) is 0.173. The molecule has 1 fully saturated rings. The Morgan fingerprint density at radius 2 is 1.77 bits per heavy atom. The fourth-order valence-electron chi connectivity index (χ4n) is 5.50. The van der Waals surface area contributed by atoms with Crippen molar-refractivity contribution in [3.8, 4) is 0 Å². The van der Waals surface area contributed by atoms with E-state index in [2.05, 4.69) is 10.3 Å². The van der Waals surface area contributed by atoms with Crippen LogP contribution < -0.4 is 10.2 Å². The van der Waals surface area contributed by atoms with E-state index < -0.39 is 58.1 Å². The monoisotopic (exact) mass is 579 g/mol. The normalized spacial score (nSPS) is 22.8. The Balaban J connectivity index is 1.29. The highest BCUT2D eigenvalue weighted by atomic mass is 35.5. The van der Waals surface area contributed by atoms with Gasteiger partial charge >= 0.3 is 6.18 Å². The van der Waals surface area contributed by atoms with Gasteiger partial charge in [0.15, 0.2) is 11.3 Å². The van der Waals surface area contributed by atoms with Crippen molar-refractivity contribution in [2.24, 2.45) is 5.92 Å². The highest BCUT2D eigenvalue weighted by Gasteiger charge is 2.52. The van der Waals surface area contributed by atoms with E-state index in [1.807, 2.05) is 0 Å². The summed E-state index contributed by atoms with van der Waals surface area (Å²) in [5, 5.41) is 14.0. The van der Waals surface area contributed by atoms with Crippen LogP contribution in [0.25, 0.3) is 0 Å². The summed E-state index contributed by atoms with van der Waals surface area (Å²) in [7, 11) is 0. The number of amides is 2. The first kappa shape index (κ1) is 28.0. The SMILES string of the molecule is O=C(N[C@H]1CC[C@H](CN2C(=O)C(O)(c3cc(F)ccc3F)c3ccccc32)CC1)c1cc(Cl)cnc1C(F)(F)F. The van der Waals surface area contributed by atoms with Crippen molar-refractivity contribution in [3.05, 3.63) is 93.8 Å². The zero-order chi connectivity index (χ0) is 28.8. The number of nitrogens with one attached hydrogen (secondary N) is 1. The molecule has 1 atom stereocenters. The molecule has 210 valence electrons. The van der Waals surface area contributed by atoms with Crippen LogP contribution in [-0.4, -0.2) is 34.5 Å². The highest BCUT2D eigenvalue weighted by Crippen LogP contribution is 2.46. The molecule has 6 nitrogen and oxygen atoms in total. The molecular formula is C28H23ClF5N3O3. The smallest absolute Gasteiger partial charge is 0.372 e. The molecule has 0 spiro atoms. The van der Waals surface area contributed by atoms with Crippen LogP contribution in [0.5, 0.6) is 0 Å². The third kappa shape index (κ3) is 5.03. The van der Waals surface area contributed by atoms with Gasteiger partial charge in [-0.2, -0.15) is 13.2 Å². The molecule has 40 heavy (non-hydrogen) atoms. The number of halogens is 6. The molecule has 2 amide bonds. The highest BCUT2D eigenvalue weighted by molar-refractivity contribution is 6.30. The molecule has 12 heteroatoms. The Hall–Kier alpha value is -3.57. The number of alkyl halides is 3. The average molecular weight is 580 g/mol. The second-order valence-electron chi connectivity index (χ2n) is 10.0. The van der Waals surface area contributed by atoms with E-state index in [1.54, 1.807) is 18.2 Å². The first-order valence-corrected chi connectivity index (χ1v) is 12.9. The third-order valence-electron chi connectivity index (χ3n) is 7.45. The maximum absolute atomic E-state index is 14.7. The van der Waals surface area contributed by atoms with Crippen LogP contribution in [0.15, 0.2) is 54.7 Å². The second kappa shape index (κ2) is 10.4. The van der Waals surface area contributed by atoms with E-state index in [0.29, 0.717) is 31.4 Å². The molecule has 2 N–H and O–H groups in total. The summed E-state index contributed by atoms with van der Waals surface area (Å²) in [5.74, 6) is -3.54. The van der Waals surface area contributed by atoms with Gasteiger partial charge in [0.2, 0.25) is 0 Å². The van der Waals surface area contributed by atoms with E-state index in [9.17, 15) is 36.6 Å². The van der Waals surface area contributed by atoms with Crippen LogP contribution in [0.4, 0.5) is 27.6 Å². The molecule has 1 saturated carbocycles. The largest absolute Gasteiger partial charge is 0.434 e. The fourth-order valence-corrected chi connectivity index (χ4v) is 5.66. The number of nitrogens with zero attached hydrogens (tertiary/aromatic N) is 2. The van der Waals surface area contributed by atoms with E-state index in [0.717, 1.165) is 30.5 Å². The lowest BCUT2D eigenvalue weighted by molar-refractivity contribution is -0.141. The lowest BCUT2D eigenvalue weighted by atomic mass is 9.85. The Morgan fingerprint density at radius 3 is 2.48 bits per heavy atom. The maximum atomic E-state index is 14.7. The summed E-state index contributed by atoms with van der Waals surface area (Å²) in [6.07, 6.45) is -2.11. The van der Waals surface area contributed by atoms with Crippen molar-refractivity contribution in [3.63, 3.8) is 0 Å². The molecule has 1 unspecified atom stereocenters. The van der Waals surface area contributed by atoms with Gasteiger partial charge in [-0.3, -0.25) is 9.59 Å². The van der Waals surface area contributed by atoms with Gasteiger partial charge in [0.05, 0.1) is 16.3 Å². The number of fused-ring (bicyclic) bond motifs is 1. The number of aliphatic hydroxyl groups is 1. The summed E-state index contributed by atoms with van der Waals surface area (Å²) < 4.78 is 68.7. The minimum absolute atomic E-state index is 0.0802.